The number of imidazole rings is 1. The van der Waals surface area contributed by atoms with E-state index in [0.29, 0.717) is 17.9 Å². The first-order valence-electron chi connectivity index (χ1n) is 6.01. The third-order valence-corrected chi connectivity index (χ3v) is 3.93. The Hall–Kier alpha value is -0.830. The summed E-state index contributed by atoms with van der Waals surface area (Å²) >= 11 is 0. The first-order chi connectivity index (χ1) is 7.16. The first kappa shape index (κ1) is 9.40. The Balaban J connectivity index is 2.10. The van der Waals surface area contributed by atoms with Crippen LogP contribution in [-0.4, -0.2) is 15.6 Å². The van der Waals surface area contributed by atoms with Gasteiger partial charge >= 0.3 is 0 Å². The maximum atomic E-state index is 6.08. The van der Waals surface area contributed by atoms with Crippen LogP contribution in [0.25, 0.3) is 0 Å². The Morgan fingerprint density at radius 3 is 2.93 bits per heavy atom. The molecule has 1 aromatic heterocycles. The van der Waals surface area contributed by atoms with Crippen molar-refractivity contribution >= 4 is 0 Å². The van der Waals surface area contributed by atoms with Gasteiger partial charge in [0.05, 0.1) is 5.69 Å². The lowest BCUT2D eigenvalue weighted by atomic mass is 9.97. The minimum atomic E-state index is 0.321. The summed E-state index contributed by atoms with van der Waals surface area (Å²) in [4.78, 5) is 4.84. The van der Waals surface area contributed by atoms with Crippen molar-refractivity contribution in [3.05, 3.63) is 17.2 Å². The Bertz CT molecular complexity index is 394. The fourth-order valence-corrected chi connectivity index (χ4v) is 3.12. The molecule has 1 aliphatic carbocycles. The molecule has 2 aliphatic rings. The van der Waals surface area contributed by atoms with E-state index in [0.717, 1.165) is 13.0 Å². The van der Waals surface area contributed by atoms with Crippen LogP contribution in [0.2, 0.25) is 0 Å². The van der Waals surface area contributed by atoms with Gasteiger partial charge in [0.25, 0.3) is 0 Å². The number of aromatic nitrogens is 2. The molecule has 15 heavy (non-hydrogen) atoms. The number of nitrogens with two attached hydrogens (primary N) is 1. The van der Waals surface area contributed by atoms with E-state index in [-0.39, 0.29) is 0 Å². The average Bonchev–Trinajstić information content (AvgIpc) is 2.68. The molecule has 0 saturated carbocycles. The fraction of sp³-hybridized carbons (Fsp3) is 0.750. The highest BCUT2D eigenvalue weighted by molar-refractivity contribution is 5.28. The molecular formula is C12H19N3. The summed E-state index contributed by atoms with van der Waals surface area (Å²) < 4.78 is 2.40. The van der Waals surface area contributed by atoms with Gasteiger partial charge in [-0.1, -0.05) is 13.8 Å². The first-order valence-corrected chi connectivity index (χ1v) is 6.01. The lowest BCUT2D eigenvalue weighted by Crippen LogP contribution is -2.34. The van der Waals surface area contributed by atoms with Crippen molar-refractivity contribution in [3.8, 4) is 0 Å². The molecule has 0 amide bonds. The summed E-state index contributed by atoms with van der Waals surface area (Å²) in [5.41, 5.74) is 8.90. The molecule has 0 bridgehead atoms. The monoisotopic (exact) mass is 205 g/mol. The molecule has 0 spiro atoms. The molecule has 1 aliphatic heterocycles. The van der Waals surface area contributed by atoms with Gasteiger partial charge in [-0.05, 0) is 19.3 Å². The molecule has 3 atom stereocenters. The zero-order valence-electron chi connectivity index (χ0n) is 9.53. The van der Waals surface area contributed by atoms with E-state index in [9.17, 15) is 0 Å². The van der Waals surface area contributed by atoms with Gasteiger partial charge in [0, 0.05) is 30.1 Å². The Kier molecular flexibility index (Phi) is 1.93. The van der Waals surface area contributed by atoms with Crippen molar-refractivity contribution in [3.63, 3.8) is 0 Å². The zero-order chi connectivity index (χ0) is 10.6. The summed E-state index contributed by atoms with van der Waals surface area (Å²) in [5, 5.41) is 0. The highest BCUT2D eigenvalue weighted by Gasteiger charge is 2.32. The highest BCUT2D eigenvalue weighted by atomic mass is 15.1. The SMILES string of the molecule is CC1CCc2c1nc1n2CC(N)CC1C. The molecule has 0 saturated heterocycles. The van der Waals surface area contributed by atoms with Crippen molar-refractivity contribution in [2.24, 2.45) is 5.73 Å². The van der Waals surface area contributed by atoms with Gasteiger partial charge in [-0.25, -0.2) is 4.98 Å². The normalized spacial score (nSPS) is 33.9. The lowest BCUT2D eigenvalue weighted by molar-refractivity contribution is 0.399. The van der Waals surface area contributed by atoms with Crippen LogP contribution in [0.1, 0.15) is 55.7 Å². The number of hydrogen-bond acceptors (Lipinski definition) is 2. The smallest absolute Gasteiger partial charge is 0.112 e. The number of fused-ring (bicyclic) bond motifs is 3. The molecule has 0 aromatic carbocycles. The standard InChI is InChI=1S/C12H19N3/c1-7-3-4-10-11(7)14-12-8(2)5-9(13)6-15(10)12/h7-9H,3-6,13H2,1-2H3. The van der Waals surface area contributed by atoms with E-state index in [2.05, 4.69) is 18.4 Å². The Morgan fingerprint density at radius 1 is 1.33 bits per heavy atom. The van der Waals surface area contributed by atoms with E-state index in [4.69, 9.17) is 10.7 Å². The molecule has 0 fully saturated rings. The molecule has 2 N–H and O–H groups in total. The molecular weight excluding hydrogens is 186 g/mol. The summed E-state index contributed by atoms with van der Waals surface area (Å²) in [5.74, 6) is 2.47. The van der Waals surface area contributed by atoms with Crippen molar-refractivity contribution < 1.29 is 0 Å². The van der Waals surface area contributed by atoms with Crippen LogP contribution in [0, 0.1) is 0 Å². The number of rotatable bonds is 0. The maximum Gasteiger partial charge on any atom is 0.112 e. The zero-order valence-corrected chi connectivity index (χ0v) is 9.53. The van der Waals surface area contributed by atoms with E-state index in [1.807, 2.05) is 0 Å². The average molecular weight is 205 g/mol. The third kappa shape index (κ3) is 1.26. The quantitative estimate of drug-likeness (QED) is 0.701. The minimum absolute atomic E-state index is 0.321. The molecule has 3 unspecified atom stereocenters. The molecule has 3 nitrogen and oxygen atoms in total. The lowest BCUT2D eigenvalue weighted by Gasteiger charge is -2.26. The largest absolute Gasteiger partial charge is 0.330 e. The van der Waals surface area contributed by atoms with Gasteiger partial charge in [0.2, 0.25) is 0 Å². The van der Waals surface area contributed by atoms with Gasteiger partial charge in [-0.3, -0.25) is 0 Å². The Morgan fingerprint density at radius 2 is 2.13 bits per heavy atom. The topological polar surface area (TPSA) is 43.8 Å². The minimum Gasteiger partial charge on any atom is -0.330 e. The number of hydrogen-bond donors (Lipinski definition) is 1. The van der Waals surface area contributed by atoms with Crippen LogP contribution in [-0.2, 0) is 13.0 Å². The fourth-order valence-electron chi connectivity index (χ4n) is 3.12. The van der Waals surface area contributed by atoms with Gasteiger partial charge in [-0.2, -0.15) is 0 Å². The van der Waals surface area contributed by atoms with E-state index in [1.54, 1.807) is 0 Å². The number of nitrogens with zero attached hydrogens (tertiary/aromatic N) is 2. The predicted molar refractivity (Wildman–Crippen MR) is 60.0 cm³/mol. The molecule has 82 valence electrons. The van der Waals surface area contributed by atoms with Crippen LogP contribution in [0.15, 0.2) is 0 Å². The molecule has 1 aromatic rings. The Labute approximate surface area is 90.7 Å². The van der Waals surface area contributed by atoms with Crippen LogP contribution in [0.3, 0.4) is 0 Å². The van der Waals surface area contributed by atoms with Gasteiger partial charge < -0.3 is 10.3 Å². The second kappa shape index (κ2) is 3.08. The second-order valence-corrected chi connectivity index (χ2v) is 5.25. The van der Waals surface area contributed by atoms with Crippen molar-refractivity contribution in [1.82, 2.24) is 9.55 Å². The third-order valence-electron chi connectivity index (χ3n) is 3.93. The molecule has 3 rings (SSSR count). The second-order valence-electron chi connectivity index (χ2n) is 5.25. The molecule has 0 radical (unpaired) electrons. The highest BCUT2D eigenvalue weighted by Crippen LogP contribution is 2.37. The maximum absolute atomic E-state index is 6.08. The van der Waals surface area contributed by atoms with Crippen LogP contribution in [0.4, 0.5) is 0 Å². The van der Waals surface area contributed by atoms with E-state index in [1.165, 1.54) is 30.1 Å². The van der Waals surface area contributed by atoms with Crippen LogP contribution < -0.4 is 5.73 Å². The van der Waals surface area contributed by atoms with Crippen LogP contribution in [0.5, 0.6) is 0 Å². The molecule has 3 heteroatoms. The van der Waals surface area contributed by atoms with Gasteiger partial charge in [-0.15, -0.1) is 0 Å². The summed E-state index contributed by atoms with van der Waals surface area (Å²) in [6.07, 6.45) is 3.55. The van der Waals surface area contributed by atoms with Crippen molar-refractivity contribution in [2.75, 3.05) is 0 Å². The predicted octanol–water partition coefficient (Wildman–Crippen LogP) is 1.77. The molecule has 2 heterocycles. The summed E-state index contributed by atoms with van der Waals surface area (Å²) in [7, 11) is 0. The summed E-state index contributed by atoms with van der Waals surface area (Å²) in [6, 6.07) is 0.321. The summed E-state index contributed by atoms with van der Waals surface area (Å²) in [6.45, 7) is 5.52. The van der Waals surface area contributed by atoms with Crippen molar-refractivity contribution in [2.45, 2.75) is 57.5 Å². The van der Waals surface area contributed by atoms with Gasteiger partial charge in [0.15, 0.2) is 0 Å². The van der Waals surface area contributed by atoms with Gasteiger partial charge in [0.1, 0.15) is 5.82 Å². The van der Waals surface area contributed by atoms with E-state index >= 15 is 0 Å². The van der Waals surface area contributed by atoms with Crippen molar-refractivity contribution in [1.29, 1.82) is 0 Å². The van der Waals surface area contributed by atoms with E-state index < -0.39 is 0 Å². The van der Waals surface area contributed by atoms with Crippen LogP contribution >= 0.6 is 0 Å².